The highest BCUT2D eigenvalue weighted by atomic mass is 32.1. The van der Waals surface area contributed by atoms with E-state index < -0.39 is 0 Å². The van der Waals surface area contributed by atoms with Crippen LogP contribution in [-0.4, -0.2) is 28.8 Å². The normalized spacial score (nSPS) is 23.1. The van der Waals surface area contributed by atoms with Gasteiger partial charge in [0.05, 0.1) is 6.54 Å². The Morgan fingerprint density at radius 2 is 1.95 bits per heavy atom. The summed E-state index contributed by atoms with van der Waals surface area (Å²) in [6.45, 7) is 6.48. The lowest BCUT2D eigenvalue weighted by Crippen LogP contribution is -2.61. The lowest BCUT2D eigenvalue weighted by Gasteiger charge is -2.37. The molecule has 2 heterocycles. The summed E-state index contributed by atoms with van der Waals surface area (Å²) in [4.78, 5) is 28.6. The molecule has 20 heavy (non-hydrogen) atoms. The van der Waals surface area contributed by atoms with Gasteiger partial charge in [-0.05, 0) is 31.9 Å². The summed E-state index contributed by atoms with van der Waals surface area (Å²) in [7, 11) is 0. The molecule has 110 valence electrons. The number of nitrogens with one attached hydrogen (secondary N) is 1. The Hall–Kier alpha value is -1.36. The third kappa shape index (κ3) is 3.03. The molecule has 0 radical (unpaired) electrons. The van der Waals surface area contributed by atoms with Crippen molar-refractivity contribution in [2.24, 2.45) is 0 Å². The number of aryl methyl sites for hydroxylation is 1. The van der Waals surface area contributed by atoms with Crippen LogP contribution in [-0.2, 0) is 22.6 Å². The molecule has 1 fully saturated rings. The van der Waals surface area contributed by atoms with E-state index in [9.17, 15) is 9.59 Å². The molecule has 1 aliphatic rings. The van der Waals surface area contributed by atoms with Crippen molar-refractivity contribution < 1.29 is 9.59 Å². The predicted octanol–water partition coefficient (Wildman–Crippen LogP) is 2.33. The molecule has 2 atom stereocenters. The number of rotatable bonds is 5. The Morgan fingerprint density at radius 3 is 2.55 bits per heavy atom. The summed E-state index contributed by atoms with van der Waals surface area (Å²) >= 11 is 1.72. The van der Waals surface area contributed by atoms with Crippen molar-refractivity contribution in [2.75, 3.05) is 0 Å². The van der Waals surface area contributed by atoms with Crippen LogP contribution < -0.4 is 5.32 Å². The number of hydrogen-bond donors (Lipinski definition) is 1. The summed E-state index contributed by atoms with van der Waals surface area (Å²) in [5.41, 5.74) is 0. The number of carbonyl (C=O) groups excluding carboxylic acids is 2. The Kier molecular flexibility index (Phi) is 4.81. The van der Waals surface area contributed by atoms with Crippen LogP contribution in [0.1, 0.15) is 43.4 Å². The smallest absolute Gasteiger partial charge is 0.246 e. The van der Waals surface area contributed by atoms with E-state index in [1.807, 2.05) is 6.92 Å². The van der Waals surface area contributed by atoms with Crippen molar-refractivity contribution in [1.29, 1.82) is 0 Å². The van der Waals surface area contributed by atoms with Crippen molar-refractivity contribution in [1.82, 2.24) is 10.2 Å². The Balaban J connectivity index is 2.14. The van der Waals surface area contributed by atoms with E-state index in [0.717, 1.165) is 17.7 Å². The number of piperazine rings is 1. The highest BCUT2D eigenvalue weighted by molar-refractivity contribution is 7.11. The topological polar surface area (TPSA) is 49.4 Å². The molecule has 2 amide bonds. The first-order chi connectivity index (χ1) is 9.56. The van der Waals surface area contributed by atoms with E-state index >= 15 is 0 Å². The van der Waals surface area contributed by atoms with Crippen LogP contribution >= 0.6 is 11.3 Å². The second-order valence-corrected chi connectivity index (χ2v) is 6.47. The summed E-state index contributed by atoms with van der Waals surface area (Å²) < 4.78 is 0. The lowest BCUT2D eigenvalue weighted by molar-refractivity contribution is -0.149. The van der Waals surface area contributed by atoms with E-state index in [1.54, 1.807) is 23.2 Å². The van der Waals surface area contributed by atoms with Crippen LogP contribution in [0.4, 0.5) is 0 Å². The first-order valence-electron chi connectivity index (χ1n) is 7.25. The number of amides is 2. The molecule has 0 bridgehead atoms. The first kappa shape index (κ1) is 15.0. The molecule has 0 aromatic carbocycles. The highest BCUT2D eigenvalue weighted by Crippen LogP contribution is 2.22. The second kappa shape index (κ2) is 6.39. The average Bonchev–Trinajstić information content (AvgIpc) is 2.89. The maximum absolute atomic E-state index is 12.5. The number of carbonyl (C=O) groups is 2. The van der Waals surface area contributed by atoms with Crippen LogP contribution in [0.2, 0.25) is 0 Å². The minimum absolute atomic E-state index is 0.0460. The van der Waals surface area contributed by atoms with Crippen molar-refractivity contribution in [3.8, 4) is 0 Å². The van der Waals surface area contributed by atoms with Gasteiger partial charge in [0.2, 0.25) is 11.8 Å². The number of thiophene rings is 1. The number of hydrogen-bond acceptors (Lipinski definition) is 3. The van der Waals surface area contributed by atoms with Crippen molar-refractivity contribution in [3.63, 3.8) is 0 Å². The summed E-state index contributed by atoms with van der Waals surface area (Å²) in [5, 5.41) is 2.82. The van der Waals surface area contributed by atoms with Crippen LogP contribution in [0.5, 0.6) is 0 Å². The fourth-order valence-corrected chi connectivity index (χ4v) is 3.41. The quantitative estimate of drug-likeness (QED) is 0.906. The van der Waals surface area contributed by atoms with Crippen LogP contribution in [0.15, 0.2) is 12.1 Å². The van der Waals surface area contributed by atoms with Gasteiger partial charge in [-0.3, -0.25) is 9.59 Å². The monoisotopic (exact) mass is 294 g/mol. The predicted molar refractivity (Wildman–Crippen MR) is 80.5 cm³/mol. The van der Waals surface area contributed by atoms with Gasteiger partial charge in [0.15, 0.2) is 0 Å². The van der Waals surface area contributed by atoms with Gasteiger partial charge in [0, 0.05) is 9.75 Å². The Morgan fingerprint density at radius 1 is 1.25 bits per heavy atom. The molecule has 1 aromatic heterocycles. The van der Waals surface area contributed by atoms with Gasteiger partial charge in [0.25, 0.3) is 0 Å². The highest BCUT2D eigenvalue weighted by Gasteiger charge is 2.37. The van der Waals surface area contributed by atoms with Gasteiger partial charge < -0.3 is 10.2 Å². The van der Waals surface area contributed by atoms with E-state index in [2.05, 4.69) is 24.4 Å². The molecular formula is C15H22N2O2S. The molecule has 5 heteroatoms. The van der Waals surface area contributed by atoms with Gasteiger partial charge in [-0.2, -0.15) is 0 Å². The molecule has 2 rings (SSSR count). The van der Waals surface area contributed by atoms with Crippen LogP contribution in [0.3, 0.4) is 0 Å². The van der Waals surface area contributed by atoms with E-state index in [-0.39, 0.29) is 23.9 Å². The summed E-state index contributed by atoms with van der Waals surface area (Å²) in [5.74, 6) is 0.000666. The molecule has 1 aromatic rings. The number of nitrogens with zero attached hydrogens (tertiary/aromatic N) is 1. The fraction of sp³-hybridized carbons (Fsp3) is 0.600. The third-order valence-electron chi connectivity index (χ3n) is 3.71. The summed E-state index contributed by atoms with van der Waals surface area (Å²) in [6.07, 6.45) is 2.60. The zero-order valence-corrected chi connectivity index (χ0v) is 13.1. The van der Waals surface area contributed by atoms with Crippen molar-refractivity contribution >= 4 is 23.2 Å². The fourth-order valence-electron chi connectivity index (χ4n) is 2.45. The maximum atomic E-state index is 12.5. The molecule has 0 spiro atoms. The van der Waals surface area contributed by atoms with Gasteiger partial charge >= 0.3 is 0 Å². The molecule has 4 nitrogen and oxygen atoms in total. The van der Waals surface area contributed by atoms with Crippen molar-refractivity contribution in [3.05, 3.63) is 21.9 Å². The molecular weight excluding hydrogens is 272 g/mol. The largest absolute Gasteiger partial charge is 0.343 e. The first-order valence-corrected chi connectivity index (χ1v) is 8.06. The molecule has 1 aliphatic heterocycles. The minimum Gasteiger partial charge on any atom is -0.343 e. The van der Waals surface area contributed by atoms with Gasteiger partial charge in [0.1, 0.15) is 12.1 Å². The third-order valence-corrected chi connectivity index (χ3v) is 4.93. The summed E-state index contributed by atoms with van der Waals surface area (Å²) in [6, 6.07) is 3.42. The average molecular weight is 294 g/mol. The van der Waals surface area contributed by atoms with Gasteiger partial charge in [-0.15, -0.1) is 11.3 Å². The Bertz CT molecular complexity index is 498. The van der Waals surface area contributed by atoms with Crippen molar-refractivity contribution in [2.45, 2.75) is 58.7 Å². The standard InChI is InChI=1S/C15H22N2O2S/c1-4-6-13-15(19)17(10(3)14(18)16-13)9-12-8-7-11(5-2)20-12/h7-8,10,13H,4-6,9H2,1-3H3,(H,16,18). The molecule has 2 unspecified atom stereocenters. The van der Waals surface area contributed by atoms with E-state index in [0.29, 0.717) is 13.0 Å². The molecule has 0 aliphatic carbocycles. The maximum Gasteiger partial charge on any atom is 0.246 e. The van der Waals surface area contributed by atoms with E-state index in [4.69, 9.17) is 0 Å². The Labute approximate surface area is 124 Å². The zero-order valence-electron chi connectivity index (χ0n) is 12.3. The van der Waals surface area contributed by atoms with Gasteiger partial charge in [-0.25, -0.2) is 0 Å². The van der Waals surface area contributed by atoms with Crippen LogP contribution in [0, 0.1) is 0 Å². The SMILES string of the molecule is CCCC1NC(=O)C(C)N(Cc2ccc(CC)s2)C1=O. The minimum atomic E-state index is -0.386. The van der Waals surface area contributed by atoms with Crippen LogP contribution in [0.25, 0.3) is 0 Å². The zero-order chi connectivity index (χ0) is 14.7. The second-order valence-electron chi connectivity index (χ2n) is 5.21. The molecule has 0 saturated carbocycles. The lowest BCUT2D eigenvalue weighted by atomic mass is 10.0. The molecule has 1 saturated heterocycles. The molecule has 1 N–H and O–H groups in total. The van der Waals surface area contributed by atoms with E-state index in [1.165, 1.54) is 4.88 Å². The van der Waals surface area contributed by atoms with Gasteiger partial charge in [-0.1, -0.05) is 20.3 Å².